The van der Waals surface area contributed by atoms with Gasteiger partial charge >= 0.3 is 0 Å². The van der Waals surface area contributed by atoms with Gasteiger partial charge < -0.3 is 9.73 Å². The van der Waals surface area contributed by atoms with Crippen LogP contribution in [0.1, 0.15) is 39.8 Å². The lowest BCUT2D eigenvalue weighted by atomic mass is 9.94. The number of hydrogen-bond acceptors (Lipinski definition) is 2. The first-order valence-corrected chi connectivity index (χ1v) is 6.56. The van der Waals surface area contributed by atoms with E-state index in [-0.39, 0.29) is 0 Å². The fraction of sp³-hybridized carbons (Fsp3) is 0.375. The molecule has 0 bridgehead atoms. The van der Waals surface area contributed by atoms with Crippen molar-refractivity contribution in [3.63, 3.8) is 0 Å². The van der Waals surface area contributed by atoms with Gasteiger partial charge in [0.1, 0.15) is 11.5 Å². The van der Waals surface area contributed by atoms with Gasteiger partial charge in [-0.25, -0.2) is 8.78 Å². The first-order chi connectivity index (χ1) is 9.38. The van der Waals surface area contributed by atoms with E-state index in [1.807, 2.05) is 20.8 Å². The molecule has 1 N–H and O–H groups in total. The van der Waals surface area contributed by atoms with Crippen LogP contribution in [0.15, 0.2) is 16.5 Å². The molecule has 2 aromatic rings. The maximum absolute atomic E-state index is 14.2. The van der Waals surface area contributed by atoms with Crippen LogP contribution in [0, 0.1) is 39.3 Å². The van der Waals surface area contributed by atoms with Gasteiger partial charge in [0.2, 0.25) is 0 Å². The fourth-order valence-corrected chi connectivity index (χ4v) is 2.57. The average molecular weight is 279 g/mol. The molecule has 0 radical (unpaired) electrons. The zero-order valence-electron chi connectivity index (χ0n) is 12.4. The summed E-state index contributed by atoms with van der Waals surface area (Å²) in [4.78, 5) is 0. The number of nitrogens with one attached hydrogen (secondary N) is 1. The predicted octanol–water partition coefficient (Wildman–Crippen LogP) is 4.10. The second kappa shape index (κ2) is 5.37. The van der Waals surface area contributed by atoms with Gasteiger partial charge in [0.25, 0.3) is 0 Å². The lowest BCUT2D eigenvalue weighted by Gasteiger charge is -2.19. The summed E-state index contributed by atoms with van der Waals surface area (Å²) in [6.07, 6.45) is 0. The van der Waals surface area contributed by atoms with Gasteiger partial charge in [-0.05, 0) is 45.9 Å². The van der Waals surface area contributed by atoms with Crippen LogP contribution in [0.25, 0.3) is 0 Å². The maximum atomic E-state index is 14.2. The standard InChI is InChI=1S/C16H19F2NO/c1-8-6-7-12(15(18)14(8)17)16(19-5)13-9(2)10(3)20-11(13)4/h6-7,16,19H,1-5H3. The molecular weight excluding hydrogens is 260 g/mol. The highest BCUT2D eigenvalue weighted by Crippen LogP contribution is 2.33. The second-order valence-corrected chi connectivity index (χ2v) is 5.07. The topological polar surface area (TPSA) is 25.2 Å². The van der Waals surface area contributed by atoms with Crippen LogP contribution in [0.2, 0.25) is 0 Å². The van der Waals surface area contributed by atoms with Gasteiger partial charge in [-0.2, -0.15) is 0 Å². The van der Waals surface area contributed by atoms with Crippen molar-refractivity contribution in [1.29, 1.82) is 0 Å². The van der Waals surface area contributed by atoms with Crippen LogP contribution in [-0.4, -0.2) is 7.05 Å². The Balaban J connectivity index is 2.62. The monoisotopic (exact) mass is 279 g/mol. The van der Waals surface area contributed by atoms with E-state index in [1.54, 1.807) is 26.1 Å². The first kappa shape index (κ1) is 14.7. The fourth-order valence-electron chi connectivity index (χ4n) is 2.57. The molecule has 2 nitrogen and oxygen atoms in total. The van der Waals surface area contributed by atoms with E-state index in [0.717, 1.165) is 22.6 Å². The summed E-state index contributed by atoms with van der Waals surface area (Å²) >= 11 is 0. The van der Waals surface area contributed by atoms with E-state index in [0.29, 0.717) is 11.1 Å². The highest BCUT2D eigenvalue weighted by molar-refractivity contribution is 5.42. The highest BCUT2D eigenvalue weighted by Gasteiger charge is 2.25. The zero-order chi connectivity index (χ0) is 15.0. The quantitative estimate of drug-likeness (QED) is 0.915. The molecule has 20 heavy (non-hydrogen) atoms. The molecule has 0 amide bonds. The van der Waals surface area contributed by atoms with E-state index < -0.39 is 17.7 Å². The molecule has 2 rings (SSSR count). The van der Waals surface area contributed by atoms with Crippen molar-refractivity contribution in [2.24, 2.45) is 0 Å². The maximum Gasteiger partial charge on any atom is 0.164 e. The van der Waals surface area contributed by atoms with Crippen LogP contribution in [-0.2, 0) is 0 Å². The summed E-state index contributed by atoms with van der Waals surface area (Å²) in [7, 11) is 1.73. The first-order valence-electron chi connectivity index (χ1n) is 6.56. The molecular formula is C16H19F2NO. The van der Waals surface area contributed by atoms with E-state index >= 15 is 0 Å². The normalized spacial score (nSPS) is 12.8. The molecule has 0 saturated carbocycles. The van der Waals surface area contributed by atoms with Crippen molar-refractivity contribution < 1.29 is 13.2 Å². The Kier molecular flexibility index (Phi) is 3.95. The van der Waals surface area contributed by atoms with Crippen LogP contribution in [0.5, 0.6) is 0 Å². The molecule has 0 spiro atoms. The summed E-state index contributed by atoms with van der Waals surface area (Å²) in [6.45, 7) is 7.18. The van der Waals surface area contributed by atoms with Crippen molar-refractivity contribution >= 4 is 0 Å². The summed E-state index contributed by atoms with van der Waals surface area (Å²) < 4.78 is 33.6. The minimum absolute atomic E-state index is 0.294. The number of hydrogen-bond donors (Lipinski definition) is 1. The smallest absolute Gasteiger partial charge is 0.164 e. The second-order valence-electron chi connectivity index (χ2n) is 5.07. The largest absolute Gasteiger partial charge is 0.466 e. The number of rotatable bonds is 3. The third-order valence-electron chi connectivity index (χ3n) is 3.81. The number of benzene rings is 1. The summed E-state index contributed by atoms with van der Waals surface area (Å²) in [5.74, 6) is -0.0780. The van der Waals surface area contributed by atoms with Crippen LogP contribution in [0.3, 0.4) is 0 Å². The van der Waals surface area contributed by atoms with Gasteiger partial charge in [-0.1, -0.05) is 12.1 Å². The molecule has 108 valence electrons. The molecule has 4 heteroatoms. The van der Waals surface area contributed by atoms with Crippen LogP contribution >= 0.6 is 0 Å². The third kappa shape index (κ3) is 2.24. The van der Waals surface area contributed by atoms with Crippen molar-refractivity contribution in [2.45, 2.75) is 33.7 Å². The Labute approximate surface area is 117 Å². The van der Waals surface area contributed by atoms with Gasteiger partial charge in [0.15, 0.2) is 11.6 Å². The Morgan fingerprint density at radius 2 is 1.65 bits per heavy atom. The zero-order valence-corrected chi connectivity index (χ0v) is 12.4. The van der Waals surface area contributed by atoms with Crippen molar-refractivity contribution in [3.05, 3.63) is 57.5 Å². The Bertz CT molecular complexity index is 646. The molecule has 1 atom stereocenters. The highest BCUT2D eigenvalue weighted by atomic mass is 19.2. The SMILES string of the molecule is CNC(c1ccc(C)c(F)c1F)c1c(C)oc(C)c1C. The molecule has 0 aliphatic rings. The molecule has 0 fully saturated rings. The summed E-state index contributed by atoms with van der Waals surface area (Å²) in [5, 5.41) is 3.05. The lowest BCUT2D eigenvalue weighted by Crippen LogP contribution is -2.21. The molecule has 1 heterocycles. The number of furan rings is 1. The van der Waals surface area contributed by atoms with Crippen molar-refractivity contribution in [3.8, 4) is 0 Å². The molecule has 1 aromatic heterocycles. The minimum atomic E-state index is -0.804. The summed E-state index contributed by atoms with van der Waals surface area (Å²) in [6, 6.07) is 2.79. The number of aryl methyl sites for hydroxylation is 3. The van der Waals surface area contributed by atoms with E-state index in [2.05, 4.69) is 5.32 Å². The Morgan fingerprint density at radius 1 is 1.00 bits per heavy atom. The van der Waals surface area contributed by atoms with Gasteiger partial charge in [-0.15, -0.1) is 0 Å². The van der Waals surface area contributed by atoms with E-state index in [9.17, 15) is 8.78 Å². The number of halogens is 2. The molecule has 0 aliphatic carbocycles. The predicted molar refractivity (Wildman–Crippen MR) is 74.9 cm³/mol. The van der Waals surface area contributed by atoms with Crippen LogP contribution < -0.4 is 5.32 Å². The Hall–Kier alpha value is -1.68. The van der Waals surface area contributed by atoms with Gasteiger partial charge in [0, 0.05) is 11.1 Å². The minimum Gasteiger partial charge on any atom is -0.466 e. The summed E-state index contributed by atoms with van der Waals surface area (Å²) in [5.41, 5.74) is 2.43. The van der Waals surface area contributed by atoms with Crippen molar-refractivity contribution in [2.75, 3.05) is 7.05 Å². The molecule has 0 aliphatic heterocycles. The molecule has 0 saturated heterocycles. The van der Waals surface area contributed by atoms with Gasteiger partial charge in [0.05, 0.1) is 6.04 Å². The third-order valence-corrected chi connectivity index (χ3v) is 3.81. The van der Waals surface area contributed by atoms with Crippen molar-refractivity contribution in [1.82, 2.24) is 5.32 Å². The molecule has 1 aromatic carbocycles. The average Bonchev–Trinajstić information content (AvgIpc) is 2.65. The molecule has 1 unspecified atom stereocenters. The lowest BCUT2D eigenvalue weighted by molar-refractivity contribution is 0.476. The Morgan fingerprint density at radius 3 is 2.15 bits per heavy atom. The van der Waals surface area contributed by atoms with Crippen LogP contribution in [0.4, 0.5) is 8.78 Å². The van der Waals surface area contributed by atoms with Gasteiger partial charge in [-0.3, -0.25) is 0 Å². The van der Waals surface area contributed by atoms with E-state index in [1.165, 1.54) is 0 Å². The van der Waals surface area contributed by atoms with E-state index in [4.69, 9.17) is 4.42 Å².